The summed E-state index contributed by atoms with van der Waals surface area (Å²) in [4.78, 5) is 22.9. The Morgan fingerprint density at radius 2 is 1.48 bits per heavy atom. The number of sulfone groups is 1. The van der Waals surface area contributed by atoms with Crippen molar-refractivity contribution >= 4 is 72.6 Å². The highest BCUT2D eigenvalue weighted by Gasteiger charge is 2.28. The lowest BCUT2D eigenvalue weighted by atomic mass is 10.1. The lowest BCUT2D eigenvalue weighted by molar-refractivity contribution is -0.385. The summed E-state index contributed by atoms with van der Waals surface area (Å²) in [7, 11) is -4.24. The number of Topliss-reactive ketones (excluding diaryl/α,β-unsaturated/α-hetero) is 1. The molecule has 158 valence electrons. The van der Waals surface area contributed by atoms with E-state index in [0.29, 0.717) is 0 Å². The summed E-state index contributed by atoms with van der Waals surface area (Å²) in [6.45, 7) is 0. The van der Waals surface area contributed by atoms with Crippen molar-refractivity contribution in [1.82, 2.24) is 0 Å². The minimum Gasteiger partial charge on any atom is -0.502 e. The van der Waals surface area contributed by atoms with Crippen molar-refractivity contribution in [2.24, 2.45) is 0 Å². The summed E-state index contributed by atoms with van der Waals surface area (Å²) >= 11 is 4.10. The Morgan fingerprint density at radius 3 is 2.03 bits per heavy atom. The molecule has 0 amide bonds. The molecule has 0 aromatic heterocycles. The van der Waals surface area contributed by atoms with Crippen molar-refractivity contribution in [3.05, 3.63) is 100 Å². The third kappa shape index (κ3) is 5.30. The van der Waals surface area contributed by atoms with Gasteiger partial charge in [0.05, 0.1) is 9.82 Å². The molecule has 0 saturated heterocycles. The first kappa shape index (κ1) is 23.3. The molecule has 0 atom stereocenters. The Hall–Kier alpha value is -2.32. The van der Waals surface area contributed by atoms with E-state index in [1.807, 2.05) is 22.6 Å². The van der Waals surface area contributed by atoms with Crippen LogP contribution in [0.3, 0.4) is 0 Å². The molecule has 3 aromatic rings. The Kier molecular flexibility index (Phi) is 7.11. The maximum absolute atomic E-state index is 13.3. The highest BCUT2D eigenvalue weighted by molar-refractivity contribution is 14.1. The zero-order valence-electron chi connectivity index (χ0n) is 15.5. The average molecular weight is 661 g/mol. The number of allylic oxidation sites excluding steroid dienone is 1. The Balaban J connectivity index is 2.21. The number of carbonyl (C=O) groups excluding carboxylic acids is 1. The largest absolute Gasteiger partial charge is 0.502 e. The van der Waals surface area contributed by atoms with E-state index in [2.05, 4.69) is 22.6 Å². The minimum atomic E-state index is -4.24. The van der Waals surface area contributed by atoms with E-state index in [9.17, 15) is 28.4 Å². The van der Waals surface area contributed by atoms with Gasteiger partial charge in [-0.2, -0.15) is 0 Å². The summed E-state index contributed by atoms with van der Waals surface area (Å²) in [6.07, 6.45) is 1.08. The predicted octanol–water partition coefficient (Wildman–Crippen LogP) is 5.21. The fraction of sp³-hybridized carbons (Fsp3) is 0. The van der Waals surface area contributed by atoms with Gasteiger partial charge in [0.25, 0.3) is 0 Å². The molecule has 0 heterocycles. The van der Waals surface area contributed by atoms with E-state index < -0.39 is 36.9 Å². The standard InChI is InChI=1S/C21H13I2NO6S/c22-15-4-2-14(3-5-15)21(26)20(31(29,30)17-8-6-16(23)7-9-17)12-13-1-10-19(25)18(11-13)24(27)28/h1-12,25H/b20-12+. The number of nitro groups is 1. The van der Waals surface area contributed by atoms with Gasteiger partial charge in [0.1, 0.15) is 4.91 Å². The molecule has 3 rings (SSSR count). The highest BCUT2D eigenvalue weighted by atomic mass is 127. The van der Waals surface area contributed by atoms with Crippen molar-refractivity contribution in [1.29, 1.82) is 0 Å². The Bertz CT molecular complexity index is 1300. The summed E-state index contributed by atoms with van der Waals surface area (Å²) < 4.78 is 28.4. The molecular formula is C21H13I2NO6S. The van der Waals surface area contributed by atoms with Crippen molar-refractivity contribution in [3.8, 4) is 5.75 Å². The van der Waals surface area contributed by atoms with Crippen LogP contribution in [0.2, 0.25) is 0 Å². The lowest BCUT2D eigenvalue weighted by Gasteiger charge is -2.10. The number of benzene rings is 3. The second-order valence-corrected chi connectivity index (χ2v) is 10.7. The van der Waals surface area contributed by atoms with E-state index in [4.69, 9.17) is 0 Å². The quantitative estimate of drug-likeness (QED) is 0.128. The smallest absolute Gasteiger partial charge is 0.311 e. The number of hydrogen-bond acceptors (Lipinski definition) is 6. The van der Waals surface area contributed by atoms with E-state index in [-0.39, 0.29) is 16.0 Å². The van der Waals surface area contributed by atoms with Crippen molar-refractivity contribution in [2.75, 3.05) is 0 Å². The van der Waals surface area contributed by atoms with Crippen LogP contribution in [-0.2, 0) is 9.84 Å². The van der Waals surface area contributed by atoms with Gasteiger partial charge in [-0.3, -0.25) is 14.9 Å². The summed E-state index contributed by atoms with van der Waals surface area (Å²) in [5.41, 5.74) is -0.344. The molecule has 0 spiro atoms. The number of nitrogens with zero attached hydrogens (tertiary/aromatic N) is 1. The number of nitro benzene ring substituents is 1. The fourth-order valence-electron chi connectivity index (χ4n) is 2.68. The fourth-order valence-corrected chi connectivity index (χ4v) is 4.80. The predicted molar refractivity (Wildman–Crippen MR) is 133 cm³/mol. The van der Waals surface area contributed by atoms with Crippen molar-refractivity contribution in [3.63, 3.8) is 0 Å². The van der Waals surface area contributed by atoms with Crippen LogP contribution >= 0.6 is 45.2 Å². The zero-order chi connectivity index (χ0) is 22.8. The summed E-state index contributed by atoms with van der Waals surface area (Å²) in [6, 6.07) is 15.8. The van der Waals surface area contributed by atoms with Gasteiger partial charge in [-0.25, -0.2) is 8.42 Å². The maximum atomic E-state index is 13.3. The number of halogens is 2. The second kappa shape index (κ2) is 9.44. The monoisotopic (exact) mass is 661 g/mol. The first-order valence-electron chi connectivity index (χ1n) is 8.59. The molecule has 0 aliphatic heterocycles. The summed E-state index contributed by atoms with van der Waals surface area (Å²) in [5, 5.41) is 20.8. The molecule has 0 unspecified atom stereocenters. The molecule has 7 nitrogen and oxygen atoms in total. The number of phenols is 1. The van der Waals surface area contributed by atoms with E-state index in [1.54, 1.807) is 24.3 Å². The van der Waals surface area contributed by atoms with Crippen LogP contribution < -0.4 is 0 Å². The van der Waals surface area contributed by atoms with Crippen LogP contribution in [-0.4, -0.2) is 24.2 Å². The maximum Gasteiger partial charge on any atom is 0.311 e. The SMILES string of the molecule is O=C(/C(=C\c1ccc(O)c([N+](=O)[O-])c1)S(=O)(=O)c1ccc(I)cc1)c1ccc(I)cc1. The topological polar surface area (TPSA) is 115 Å². The van der Waals surface area contributed by atoms with Crippen LogP contribution in [0.25, 0.3) is 6.08 Å². The van der Waals surface area contributed by atoms with Gasteiger partial charge >= 0.3 is 5.69 Å². The first-order valence-corrected chi connectivity index (χ1v) is 12.2. The van der Waals surface area contributed by atoms with Gasteiger partial charge in [0.15, 0.2) is 5.75 Å². The molecule has 0 fully saturated rings. The van der Waals surface area contributed by atoms with Gasteiger partial charge in [-0.1, -0.05) is 6.07 Å². The average Bonchev–Trinajstić information content (AvgIpc) is 2.73. The number of phenolic OH excluding ortho intramolecular Hbond substituents is 1. The normalized spacial score (nSPS) is 11.9. The van der Waals surface area contributed by atoms with Crippen LogP contribution in [0.5, 0.6) is 5.75 Å². The van der Waals surface area contributed by atoms with Gasteiger partial charge in [0.2, 0.25) is 15.6 Å². The molecule has 0 bridgehead atoms. The van der Waals surface area contributed by atoms with Crippen LogP contribution in [0.1, 0.15) is 15.9 Å². The minimum absolute atomic E-state index is 0.0775. The number of rotatable bonds is 6. The molecule has 3 aromatic carbocycles. The molecule has 1 N–H and O–H groups in total. The molecular weight excluding hydrogens is 648 g/mol. The van der Waals surface area contributed by atoms with Gasteiger partial charge in [0, 0.05) is 18.8 Å². The molecule has 31 heavy (non-hydrogen) atoms. The summed E-state index contributed by atoms with van der Waals surface area (Å²) in [5.74, 6) is -1.31. The second-order valence-electron chi connectivity index (χ2n) is 6.31. The molecule has 0 saturated carbocycles. The number of ketones is 1. The first-order chi connectivity index (χ1) is 14.6. The molecule has 0 aliphatic carbocycles. The molecule has 0 radical (unpaired) electrons. The van der Waals surface area contributed by atoms with Gasteiger partial charge in [-0.15, -0.1) is 0 Å². The number of hydrogen-bond donors (Lipinski definition) is 1. The van der Waals surface area contributed by atoms with E-state index in [0.717, 1.165) is 25.3 Å². The zero-order valence-corrected chi connectivity index (χ0v) is 20.7. The van der Waals surface area contributed by atoms with E-state index >= 15 is 0 Å². The number of aromatic hydroxyl groups is 1. The van der Waals surface area contributed by atoms with Gasteiger partial charge < -0.3 is 5.11 Å². The van der Waals surface area contributed by atoms with Crippen LogP contribution in [0.15, 0.2) is 76.5 Å². The van der Waals surface area contributed by atoms with Crippen molar-refractivity contribution < 1.29 is 23.2 Å². The highest BCUT2D eigenvalue weighted by Crippen LogP contribution is 2.30. The van der Waals surface area contributed by atoms with E-state index in [1.165, 1.54) is 30.3 Å². The molecule has 0 aliphatic rings. The van der Waals surface area contributed by atoms with Crippen LogP contribution in [0, 0.1) is 17.3 Å². The molecule has 10 heteroatoms. The Morgan fingerprint density at radius 1 is 0.935 bits per heavy atom. The lowest BCUT2D eigenvalue weighted by Crippen LogP contribution is -2.14. The van der Waals surface area contributed by atoms with Gasteiger partial charge in [-0.05, 0) is 111 Å². The van der Waals surface area contributed by atoms with Crippen molar-refractivity contribution in [2.45, 2.75) is 4.90 Å². The number of carbonyl (C=O) groups is 1. The third-order valence-electron chi connectivity index (χ3n) is 4.24. The third-order valence-corrected chi connectivity index (χ3v) is 7.45. The van der Waals surface area contributed by atoms with Crippen LogP contribution in [0.4, 0.5) is 5.69 Å². The Labute approximate surface area is 205 Å².